The van der Waals surface area contributed by atoms with Crippen LogP contribution < -0.4 is 15.4 Å². The number of carbonyl (C=O) groups excluding carboxylic acids is 1. The van der Waals surface area contributed by atoms with Crippen LogP contribution in [0.4, 0.5) is 5.69 Å². The minimum Gasteiger partial charge on any atom is -0.494 e. The van der Waals surface area contributed by atoms with Crippen molar-refractivity contribution >= 4 is 11.6 Å². The van der Waals surface area contributed by atoms with Gasteiger partial charge in [-0.2, -0.15) is 0 Å². The Hall–Kier alpha value is -2.33. The number of amides is 1. The van der Waals surface area contributed by atoms with Crippen LogP contribution in [0.2, 0.25) is 0 Å². The number of hydrogen-bond donors (Lipinski definition) is 2. The Morgan fingerprint density at radius 1 is 1.00 bits per heavy atom. The fourth-order valence-electron chi connectivity index (χ4n) is 2.23. The third-order valence-electron chi connectivity index (χ3n) is 3.41. The van der Waals surface area contributed by atoms with Crippen LogP contribution in [0.25, 0.3) is 0 Å². The van der Waals surface area contributed by atoms with Gasteiger partial charge in [0.05, 0.1) is 6.61 Å². The van der Waals surface area contributed by atoms with Crippen molar-refractivity contribution in [3.63, 3.8) is 0 Å². The van der Waals surface area contributed by atoms with E-state index in [9.17, 15) is 4.79 Å². The van der Waals surface area contributed by atoms with Crippen molar-refractivity contribution in [1.82, 2.24) is 5.32 Å². The molecule has 0 bridgehead atoms. The molecule has 0 atom stereocenters. The fraction of sp³-hybridized carbons (Fsp3) is 0.316. The molecule has 0 saturated heterocycles. The second kappa shape index (κ2) is 9.64. The lowest BCUT2D eigenvalue weighted by molar-refractivity contribution is -0.116. The van der Waals surface area contributed by atoms with Gasteiger partial charge in [0.2, 0.25) is 5.91 Å². The molecule has 0 aromatic heterocycles. The minimum absolute atomic E-state index is 0.0152. The summed E-state index contributed by atoms with van der Waals surface area (Å²) < 4.78 is 5.37. The number of anilines is 1. The molecule has 23 heavy (non-hydrogen) atoms. The molecule has 122 valence electrons. The first kappa shape index (κ1) is 17.0. The second-order valence-electron chi connectivity index (χ2n) is 5.24. The highest BCUT2D eigenvalue weighted by Gasteiger charge is 2.02. The minimum atomic E-state index is 0.0152. The van der Waals surface area contributed by atoms with Gasteiger partial charge in [0, 0.05) is 18.7 Å². The summed E-state index contributed by atoms with van der Waals surface area (Å²) in [6, 6.07) is 17.7. The molecule has 2 aromatic carbocycles. The van der Waals surface area contributed by atoms with E-state index in [0.29, 0.717) is 19.6 Å². The van der Waals surface area contributed by atoms with E-state index in [2.05, 4.69) is 22.8 Å². The molecule has 2 aromatic rings. The zero-order valence-electron chi connectivity index (χ0n) is 13.5. The normalized spacial score (nSPS) is 10.3. The van der Waals surface area contributed by atoms with Gasteiger partial charge in [0.1, 0.15) is 5.75 Å². The zero-order chi connectivity index (χ0) is 16.3. The summed E-state index contributed by atoms with van der Waals surface area (Å²) in [6.45, 7) is 4.14. The maximum Gasteiger partial charge on any atom is 0.225 e. The van der Waals surface area contributed by atoms with Crippen molar-refractivity contribution in [1.29, 1.82) is 0 Å². The Bertz CT molecular complexity index is 582. The average molecular weight is 312 g/mol. The summed E-state index contributed by atoms with van der Waals surface area (Å²) >= 11 is 0. The predicted octanol–water partition coefficient (Wildman–Crippen LogP) is 3.25. The predicted molar refractivity (Wildman–Crippen MR) is 93.9 cm³/mol. The molecule has 4 heteroatoms. The van der Waals surface area contributed by atoms with Gasteiger partial charge < -0.3 is 15.4 Å². The maximum absolute atomic E-state index is 11.9. The first-order valence-electron chi connectivity index (χ1n) is 8.05. The second-order valence-corrected chi connectivity index (χ2v) is 5.24. The van der Waals surface area contributed by atoms with Crippen molar-refractivity contribution in [2.75, 3.05) is 25.0 Å². The van der Waals surface area contributed by atoms with Gasteiger partial charge in [-0.15, -0.1) is 0 Å². The van der Waals surface area contributed by atoms with Gasteiger partial charge in [0.25, 0.3) is 0 Å². The quantitative estimate of drug-likeness (QED) is 0.699. The summed E-state index contributed by atoms with van der Waals surface area (Å²) in [6.07, 6.45) is 1.43. The molecule has 2 N–H and O–H groups in total. The van der Waals surface area contributed by atoms with Gasteiger partial charge >= 0.3 is 0 Å². The van der Waals surface area contributed by atoms with Crippen LogP contribution >= 0.6 is 0 Å². The Morgan fingerprint density at radius 2 is 1.74 bits per heavy atom. The molecule has 0 aliphatic carbocycles. The summed E-state index contributed by atoms with van der Waals surface area (Å²) in [4.78, 5) is 11.9. The lowest BCUT2D eigenvalue weighted by Crippen LogP contribution is -2.23. The molecule has 0 radical (unpaired) electrons. The summed E-state index contributed by atoms with van der Waals surface area (Å²) in [5.41, 5.74) is 2.10. The monoisotopic (exact) mass is 312 g/mol. The van der Waals surface area contributed by atoms with Crippen LogP contribution in [-0.2, 0) is 11.2 Å². The Labute approximate surface area is 137 Å². The van der Waals surface area contributed by atoms with E-state index >= 15 is 0 Å². The van der Waals surface area contributed by atoms with Crippen LogP contribution in [0, 0.1) is 0 Å². The maximum atomic E-state index is 11.9. The van der Waals surface area contributed by atoms with Crippen molar-refractivity contribution in [2.45, 2.75) is 19.8 Å². The van der Waals surface area contributed by atoms with Gasteiger partial charge in [-0.05, 0) is 49.7 Å². The summed E-state index contributed by atoms with van der Waals surface area (Å²) in [5, 5.41) is 6.18. The number of carbonyl (C=O) groups is 1. The van der Waals surface area contributed by atoms with E-state index < -0.39 is 0 Å². The Kier molecular flexibility index (Phi) is 7.14. The van der Waals surface area contributed by atoms with Crippen LogP contribution in [0.5, 0.6) is 5.75 Å². The first-order valence-corrected chi connectivity index (χ1v) is 8.05. The molecule has 0 fully saturated rings. The molecule has 0 aliphatic heterocycles. The number of hydrogen-bond acceptors (Lipinski definition) is 3. The number of nitrogens with one attached hydrogen (secondary N) is 2. The van der Waals surface area contributed by atoms with Crippen molar-refractivity contribution in [3.8, 4) is 5.75 Å². The van der Waals surface area contributed by atoms with Crippen LogP contribution in [0.3, 0.4) is 0 Å². The molecule has 0 spiro atoms. The van der Waals surface area contributed by atoms with Gasteiger partial charge in [0.15, 0.2) is 0 Å². The molecule has 4 nitrogen and oxygen atoms in total. The lowest BCUT2D eigenvalue weighted by atomic mass is 10.1. The van der Waals surface area contributed by atoms with E-state index in [-0.39, 0.29) is 5.91 Å². The molecule has 1 amide bonds. The number of benzene rings is 2. The SMILES string of the molecule is CCOc1ccc(NC(=O)CCNCCc2ccccc2)cc1. The highest BCUT2D eigenvalue weighted by molar-refractivity contribution is 5.90. The first-order chi connectivity index (χ1) is 11.3. The van der Waals surface area contributed by atoms with E-state index in [1.54, 1.807) is 0 Å². The number of rotatable bonds is 9. The van der Waals surface area contributed by atoms with E-state index in [4.69, 9.17) is 4.74 Å². The Morgan fingerprint density at radius 3 is 2.43 bits per heavy atom. The van der Waals surface area contributed by atoms with Crippen LogP contribution in [-0.4, -0.2) is 25.6 Å². The fourth-order valence-corrected chi connectivity index (χ4v) is 2.23. The van der Waals surface area contributed by atoms with Crippen LogP contribution in [0.1, 0.15) is 18.9 Å². The molecule has 2 rings (SSSR count). The van der Waals surface area contributed by atoms with Gasteiger partial charge in [-0.1, -0.05) is 30.3 Å². The van der Waals surface area contributed by atoms with E-state index in [1.165, 1.54) is 5.56 Å². The Balaban J connectivity index is 1.61. The highest BCUT2D eigenvalue weighted by atomic mass is 16.5. The molecule has 0 heterocycles. The van der Waals surface area contributed by atoms with Crippen molar-refractivity contribution in [2.24, 2.45) is 0 Å². The molecule has 0 saturated carbocycles. The lowest BCUT2D eigenvalue weighted by Gasteiger charge is -2.08. The third-order valence-corrected chi connectivity index (χ3v) is 3.41. The third kappa shape index (κ3) is 6.53. The number of ether oxygens (including phenoxy) is 1. The summed E-state index contributed by atoms with van der Waals surface area (Å²) in [5.74, 6) is 0.828. The van der Waals surface area contributed by atoms with Gasteiger partial charge in [-0.3, -0.25) is 4.79 Å². The van der Waals surface area contributed by atoms with Gasteiger partial charge in [-0.25, -0.2) is 0 Å². The smallest absolute Gasteiger partial charge is 0.225 e. The molecule has 0 aliphatic rings. The standard InChI is InChI=1S/C19H24N2O2/c1-2-23-18-10-8-17(9-11-18)21-19(22)13-15-20-14-12-16-6-4-3-5-7-16/h3-11,20H,2,12-15H2,1H3,(H,21,22). The topological polar surface area (TPSA) is 50.4 Å². The van der Waals surface area contributed by atoms with Crippen molar-refractivity contribution in [3.05, 3.63) is 60.2 Å². The van der Waals surface area contributed by atoms with E-state index in [1.807, 2.05) is 49.4 Å². The summed E-state index contributed by atoms with van der Waals surface area (Å²) in [7, 11) is 0. The largest absolute Gasteiger partial charge is 0.494 e. The highest BCUT2D eigenvalue weighted by Crippen LogP contribution is 2.15. The molecule has 0 unspecified atom stereocenters. The average Bonchev–Trinajstić information content (AvgIpc) is 2.57. The zero-order valence-corrected chi connectivity index (χ0v) is 13.5. The van der Waals surface area contributed by atoms with Crippen molar-refractivity contribution < 1.29 is 9.53 Å². The van der Waals surface area contributed by atoms with E-state index in [0.717, 1.165) is 24.4 Å². The molecular weight excluding hydrogens is 288 g/mol. The van der Waals surface area contributed by atoms with Crippen LogP contribution in [0.15, 0.2) is 54.6 Å². The molecular formula is C19H24N2O2.